The van der Waals surface area contributed by atoms with Crippen molar-refractivity contribution in [1.29, 1.82) is 0 Å². The number of hydrogen-bond acceptors (Lipinski definition) is 3. The Morgan fingerprint density at radius 2 is 2.00 bits per heavy atom. The number of hydrogen-bond donors (Lipinski definition) is 1. The zero-order valence-electron chi connectivity index (χ0n) is 17.6. The number of anilines is 1. The number of amides is 2. The van der Waals surface area contributed by atoms with E-state index in [1.54, 1.807) is 6.20 Å². The molecule has 3 aromatic rings. The molecule has 3 heterocycles. The number of carbonyl (C=O) groups is 1. The molecule has 0 radical (unpaired) electrons. The van der Waals surface area contributed by atoms with Crippen LogP contribution in [-0.4, -0.2) is 38.6 Å². The Labute approximate surface area is 172 Å². The van der Waals surface area contributed by atoms with E-state index in [1.807, 2.05) is 49.2 Å². The Balaban J connectivity index is 1.55. The van der Waals surface area contributed by atoms with Crippen LogP contribution >= 0.6 is 0 Å². The zero-order chi connectivity index (χ0) is 20.5. The largest absolute Gasteiger partial charge is 0.326 e. The first-order chi connectivity index (χ1) is 13.9. The maximum Gasteiger partial charge on any atom is 0.321 e. The number of pyridine rings is 1. The van der Waals surface area contributed by atoms with Crippen molar-refractivity contribution in [2.75, 3.05) is 18.4 Å². The third-order valence-corrected chi connectivity index (χ3v) is 5.68. The monoisotopic (exact) mass is 391 g/mol. The topological polar surface area (TPSA) is 63.1 Å². The molecule has 29 heavy (non-hydrogen) atoms. The van der Waals surface area contributed by atoms with Gasteiger partial charge in [0.1, 0.15) is 5.82 Å². The molecule has 2 aromatic heterocycles. The first-order valence-corrected chi connectivity index (χ1v) is 10.4. The number of rotatable bonds is 4. The van der Waals surface area contributed by atoms with E-state index in [-0.39, 0.29) is 11.9 Å². The summed E-state index contributed by atoms with van der Waals surface area (Å²) < 4.78 is 2.30. The van der Waals surface area contributed by atoms with Gasteiger partial charge in [-0.1, -0.05) is 32.0 Å². The van der Waals surface area contributed by atoms with Gasteiger partial charge in [0, 0.05) is 37.4 Å². The van der Waals surface area contributed by atoms with Crippen molar-refractivity contribution in [3.63, 3.8) is 0 Å². The van der Waals surface area contributed by atoms with Crippen LogP contribution < -0.4 is 5.32 Å². The molecule has 1 unspecified atom stereocenters. The highest BCUT2D eigenvalue weighted by Gasteiger charge is 2.31. The summed E-state index contributed by atoms with van der Waals surface area (Å²) in [6.45, 7) is 10.8. The maximum atomic E-state index is 12.9. The number of benzene rings is 1. The highest BCUT2D eigenvalue weighted by molar-refractivity contribution is 5.91. The Morgan fingerprint density at radius 3 is 2.72 bits per heavy atom. The van der Waals surface area contributed by atoms with E-state index in [0.717, 1.165) is 53.2 Å². The molecule has 1 aliphatic rings. The molecule has 1 N–H and O–H groups in total. The first-order valence-electron chi connectivity index (χ1n) is 10.4. The second-order valence-corrected chi connectivity index (χ2v) is 8.47. The lowest BCUT2D eigenvalue weighted by Gasteiger charge is -2.20. The number of nitrogens with zero attached hydrogens (tertiary/aromatic N) is 4. The van der Waals surface area contributed by atoms with Crippen molar-refractivity contribution >= 4 is 22.8 Å². The van der Waals surface area contributed by atoms with Crippen molar-refractivity contribution in [3.8, 4) is 0 Å². The van der Waals surface area contributed by atoms with Crippen LogP contribution in [-0.2, 0) is 6.54 Å². The molecule has 1 aliphatic heterocycles. The summed E-state index contributed by atoms with van der Waals surface area (Å²) in [6.07, 6.45) is 4.61. The molecule has 1 aromatic carbocycles. The summed E-state index contributed by atoms with van der Waals surface area (Å²) in [5.41, 5.74) is 5.14. The molecule has 152 valence electrons. The lowest BCUT2D eigenvalue weighted by atomic mass is 10.1. The van der Waals surface area contributed by atoms with Gasteiger partial charge in [0.15, 0.2) is 0 Å². The number of aromatic nitrogens is 3. The van der Waals surface area contributed by atoms with Crippen molar-refractivity contribution in [2.45, 2.75) is 46.6 Å². The van der Waals surface area contributed by atoms with Gasteiger partial charge in [-0.25, -0.2) is 9.78 Å². The number of carbonyl (C=O) groups excluding carboxylic acids is 1. The summed E-state index contributed by atoms with van der Waals surface area (Å²) in [4.78, 5) is 24.0. The lowest BCUT2D eigenvalue weighted by Crippen LogP contribution is -2.33. The van der Waals surface area contributed by atoms with Gasteiger partial charge in [-0.2, -0.15) is 0 Å². The van der Waals surface area contributed by atoms with Gasteiger partial charge in [-0.05, 0) is 43.4 Å². The Hall–Kier alpha value is -2.89. The highest BCUT2D eigenvalue weighted by Crippen LogP contribution is 2.31. The Kier molecular flexibility index (Phi) is 5.26. The molecule has 0 spiro atoms. The van der Waals surface area contributed by atoms with E-state index in [9.17, 15) is 4.79 Å². The van der Waals surface area contributed by atoms with Crippen LogP contribution in [0.4, 0.5) is 10.5 Å². The summed E-state index contributed by atoms with van der Waals surface area (Å²) >= 11 is 0. The van der Waals surface area contributed by atoms with Crippen molar-refractivity contribution < 1.29 is 4.79 Å². The number of likely N-dealkylation sites (tertiary alicyclic amines) is 1. The molecule has 2 amide bonds. The lowest BCUT2D eigenvalue weighted by molar-refractivity contribution is 0.222. The van der Waals surface area contributed by atoms with Gasteiger partial charge in [-0.15, -0.1) is 0 Å². The fourth-order valence-electron chi connectivity index (χ4n) is 4.21. The van der Waals surface area contributed by atoms with E-state index in [1.165, 1.54) is 0 Å². The van der Waals surface area contributed by atoms with E-state index < -0.39 is 0 Å². The van der Waals surface area contributed by atoms with Crippen LogP contribution in [0.5, 0.6) is 0 Å². The summed E-state index contributed by atoms with van der Waals surface area (Å²) in [5.74, 6) is 1.82. The van der Waals surface area contributed by atoms with Gasteiger partial charge in [-0.3, -0.25) is 4.98 Å². The van der Waals surface area contributed by atoms with Gasteiger partial charge in [0.25, 0.3) is 0 Å². The summed E-state index contributed by atoms with van der Waals surface area (Å²) in [7, 11) is 0. The molecule has 0 saturated carbocycles. The molecule has 1 atom stereocenters. The molecule has 0 bridgehead atoms. The normalized spacial score (nSPS) is 16.7. The summed E-state index contributed by atoms with van der Waals surface area (Å²) in [6, 6.07) is 8.00. The Bertz CT molecular complexity index is 1020. The SMILES string of the molecule is Cc1cccc(C)c1NC(=O)N1CCC(c2nc3ccncc3n2CC(C)C)C1. The number of nitrogens with one attached hydrogen (secondary N) is 1. The van der Waals surface area contributed by atoms with Crippen LogP contribution in [0, 0.1) is 19.8 Å². The van der Waals surface area contributed by atoms with Crippen molar-refractivity contribution in [3.05, 3.63) is 53.6 Å². The van der Waals surface area contributed by atoms with Crippen molar-refractivity contribution in [1.82, 2.24) is 19.4 Å². The molecule has 0 aliphatic carbocycles. The molecule has 6 heteroatoms. The standard InChI is InChI=1S/C23H29N5O/c1-15(2)13-28-20-12-24-10-8-19(20)25-22(28)18-9-11-27(14-18)23(29)26-21-16(3)6-5-7-17(21)4/h5-8,10,12,15,18H,9,11,13-14H2,1-4H3,(H,26,29). The predicted octanol–water partition coefficient (Wildman–Crippen LogP) is 4.73. The van der Waals surface area contributed by atoms with Crippen LogP contribution in [0.3, 0.4) is 0 Å². The van der Waals surface area contributed by atoms with Gasteiger partial charge < -0.3 is 14.8 Å². The average Bonchev–Trinajstić information content (AvgIpc) is 3.30. The van der Waals surface area contributed by atoms with Crippen molar-refractivity contribution in [2.24, 2.45) is 5.92 Å². The Morgan fingerprint density at radius 1 is 1.24 bits per heavy atom. The van der Waals surface area contributed by atoms with Crippen LogP contribution in [0.15, 0.2) is 36.7 Å². The fraction of sp³-hybridized carbons (Fsp3) is 0.435. The molecule has 4 rings (SSSR count). The molecule has 1 saturated heterocycles. The third-order valence-electron chi connectivity index (χ3n) is 5.68. The molecule has 1 fully saturated rings. The number of urea groups is 1. The van der Waals surface area contributed by atoms with Gasteiger partial charge >= 0.3 is 6.03 Å². The quantitative estimate of drug-likeness (QED) is 0.700. The van der Waals surface area contributed by atoms with E-state index >= 15 is 0 Å². The smallest absolute Gasteiger partial charge is 0.321 e. The average molecular weight is 392 g/mol. The van der Waals surface area contributed by atoms with E-state index in [2.05, 4.69) is 28.7 Å². The molecular weight excluding hydrogens is 362 g/mol. The second kappa shape index (κ2) is 7.85. The molecular formula is C23H29N5O. The number of para-hydroxylation sites is 1. The zero-order valence-corrected chi connectivity index (χ0v) is 17.6. The number of aryl methyl sites for hydroxylation is 2. The van der Waals surface area contributed by atoms with Crippen LogP contribution in [0.2, 0.25) is 0 Å². The maximum absolute atomic E-state index is 12.9. The minimum Gasteiger partial charge on any atom is -0.326 e. The van der Waals surface area contributed by atoms with Crippen LogP contribution in [0.1, 0.15) is 43.1 Å². The first kappa shape index (κ1) is 19.4. The molecule has 6 nitrogen and oxygen atoms in total. The second-order valence-electron chi connectivity index (χ2n) is 8.47. The minimum absolute atomic E-state index is 0.0295. The minimum atomic E-state index is -0.0295. The van der Waals surface area contributed by atoms with Crippen LogP contribution in [0.25, 0.3) is 11.0 Å². The highest BCUT2D eigenvalue weighted by atomic mass is 16.2. The third kappa shape index (κ3) is 3.84. The van der Waals surface area contributed by atoms with E-state index in [4.69, 9.17) is 4.98 Å². The number of fused-ring (bicyclic) bond motifs is 1. The number of imidazole rings is 1. The van der Waals surface area contributed by atoms with Gasteiger partial charge in [0.05, 0.1) is 17.2 Å². The fourth-order valence-corrected chi connectivity index (χ4v) is 4.21. The van der Waals surface area contributed by atoms with E-state index in [0.29, 0.717) is 12.5 Å². The summed E-state index contributed by atoms with van der Waals surface area (Å²) in [5, 5.41) is 3.12. The van der Waals surface area contributed by atoms with Gasteiger partial charge in [0.2, 0.25) is 0 Å². The predicted molar refractivity (Wildman–Crippen MR) is 116 cm³/mol.